The summed E-state index contributed by atoms with van der Waals surface area (Å²) < 4.78 is 5.03. The molecule has 1 saturated heterocycles. The van der Waals surface area contributed by atoms with Crippen LogP contribution in [0.1, 0.15) is 19.8 Å². The number of nitrogens with zero attached hydrogens (tertiary/aromatic N) is 5. The lowest BCUT2D eigenvalue weighted by Gasteiger charge is -2.31. The number of hydrogen-bond acceptors (Lipinski definition) is 8. The number of rotatable bonds is 7. The second-order valence-corrected chi connectivity index (χ2v) is 6.00. The van der Waals surface area contributed by atoms with Crippen molar-refractivity contribution in [1.82, 2.24) is 25.0 Å². The molecule has 0 atom stereocenters. The van der Waals surface area contributed by atoms with E-state index < -0.39 is 0 Å². The van der Waals surface area contributed by atoms with Gasteiger partial charge in [-0.3, -0.25) is 0 Å². The van der Waals surface area contributed by atoms with Crippen molar-refractivity contribution in [3.63, 3.8) is 0 Å². The summed E-state index contributed by atoms with van der Waals surface area (Å²) in [6, 6.07) is 0.231. The van der Waals surface area contributed by atoms with Crippen LogP contribution in [0.5, 0.6) is 0 Å². The van der Waals surface area contributed by atoms with Crippen molar-refractivity contribution in [2.45, 2.75) is 25.8 Å². The lowest BCUT2D eigenvalue weighted by Crippen LogP contribution is -2.42. The molecule has 9 heteroatoms. The molecule has 2 N–H and O–H groups in total. The van der Waals surface area contributed by atoms with Gasteiger partial charge in [-0.15, -0.1) is 5.10 Å². The predicted molar refractivity (Wildman–Crippen MR) is 92.1 cm³/mol. The molecule has 0 spiro atoms. The molecular formula is C15H27N7O2. The van der Waals surface area contributed by atoms with Gasteiger partial charge in [0, 0.05) is 32.2 Å². The van der Waals surface area contributed by atoms with Gasteiger partial charge in [-0.1, -0.05) is 0 Å². The highest BCUT2D eigenvalue weighted by Crippen LogP contribution is 2.15. The molecule has 0 bridgehead atoms. The van der Waals surface area contributed by atoms with Crippen LogP contribution < -0.4 is 10.6 Å². The zero-order chi connectivity index (χ0) is 17.4. The fourth-order valence-corrected chi connectivity index (χ4v) is 2.46. The van der Waals surface area contributed by atoms with Crippen LogP contribution in [0.2, 0.25) is 0 Å². The first-order valence-corrected chi connectivity index (χ1v) is 8.35. The maximum Gasteiger partial charge on any atom is 0.409 e. The van der Waals surface area contributed by atoms with Crippen LogP contribution in [0.4, 0.5) is 16.6 Å². The number of piperidine rings is 1. The van der Waals surface area contributed by atoms with Crippen LogP contribution in [0.25, 0.3) is 0 Å². The maximum atomic E-state index is 11.7. The highest BCUT2D eigenvalue weighted by atomic mass is 16.6. The summed E-state index contributed by atoms with van der Waals surface area (Å²) in [7, 11) is 4.05. The van der Waals surface area contributed by atoms with Crippen LogP contribution in [0.15, 0.2) is 6.20 Å². The van der Waals surface area contributed by atoms with Crippen molar-refractivity contribution in [3.05, 3.63) is 6.20 Å². The molecule has 0 unspecified atom stereocenters. The molecule has 0 saturated carbocycles. The van der Waals surface area contributed by atoms with Gasteiger partial charge in [0.2, 0.25) is 5.95 Å². The highest BCUT2D eigenvalue weighted by molar-refractivity contribution is 5.67. The molecule has 1 aromatic rings. The van der Waals surface area contributed by atoms with E-state index in [1.54, 1.807) is 11.1 Å². The van der Waals surface area contributed by atoms with E-state index >= 15 is 0 Å². The molecule has 1 aliphatic heterocycles. The largest absolute Gasteiger partial charge is 0.450 e. The molecule has 2 heterocycles. The standard InChI is InChI=1S/C15H27N7O2/c1-4-24-15(23)22-8-5-12(6-9-22)18-14-19-13(11-17-20-14)16-7-10-21(2)3/h11-12H,4-10H2,1-3H3,(H2,16,18,19,20). The summed E-state index contributed by atoms with van der Waals surface area (Å²) in [5.41, 5.74) is 0. The molecular weight excluding hydrogens is 310 g/mol. The number of aromatic nitrogens is 3. The monoisotopic (exact) mass is 337 g/mol. The second-order valence-electron chi connectivity index (χ2n) is 6.00. The van der Waals surface area contributed by atoms with Gasteiger partial charge >= 0.3 is 6.09 Å². The number of nitrogens with one attached hydrogen (secondary N) is 2. The second kappa shape index (κ2) is 9.21. The van der Waals surface area contributed by atoms with Gasteiger partial charge in [0.25, 0.3) is 0 Å². The Balaban J connectivity index is 1.79. The first-order chi connectivity index (χ1) is 11.6. The van der Waals surface area contributed by atoms with Gasteiger partial charge < -0.3 is 25.2 Å². The van der Waals surface area contributed by atoms with Crippen LogP contribution in [-0.2, 0) is 4.74 Å². The summed E-state index contributed by atoms with van der Waals surface area (Å²) in [6.07, 6.45) is 3.05. The lowest BCUT2D eigenvalue weighted by atomic mass is 10.1. The van der Waals surface area contributed by atoms with E-state index in [-0.39, 0.29) is 12.1 Å². The van der Waals surface area contributed by atoms with Crippen LogP contribution in [-0.4, -0.2) is 84.0 Å². The van der Waals surface area contributed by atoms with Crippen molar-refractivity contribution in [2.24, 2.45) is 0 Å². The van der Waals surface area contributed by atoms with Gasteiger partial charge in [-0.2, -0.15) is 10.1 Å². The number of amides is 1. The third-order valence-corrected chi connectivity index (χ3v) is 3.78. The first-order valence-electron chi connectivity index (χ1n) is 8.35. The Bertz CT molecular complexity index is 518. The third-order valence-electron chi connectivity index (χ3n) is 3.78. The first kappa shape index (κ1) is 18.2. The molecule has 1 fully saturated rings. The zero-order valence-corrected chi connectivity index (χ0v) is 14.7. The van der Waals surface area contributed by atoms with E-state index in [9.17, 15) is 4.79 Å². The number of hydrogen-bond donors (Lipinski definition) is 2. The van der Waals surface area contributed by atoms with E-state index in [1.165, 1.54) is 0 Å². The summed E-state index contributed by atoms with van der Waals surface area (Å²) in [4.78, 5) is 20.0. The molecule has 0 aromatic carbocycles. The number of likely N-dealkylation sites (N-methyl/N-ethyl adjacent to an activating group) is 1. The molecule has 24 heavy (non-hydrogen) atoms. The van der Waals surface area contributed by atoms with E-state index in [2.05, 4.69) is 30.7 Å². The summed E-state index contributed by atoms with van der Waals surface area (Å²) in [5, 5.41) is 14.5. The van der Waals surface area contributed by atoms with Crippen molar-refractivity contribution in [1.29, 1.82) is 0 Å². The van der Waals surface area contributed by atoms with Crippen molar-refractivity contribution in [3.8, 4) is 0 Å². The van der Waals surface area contributed by atoms with Crippen molar-refractivity contribution >= 4 is 17.9 Å². The average Bonchev–Trinajstić information content (AvgIpc) is 2.56. The van der Waals surface area contributed by atoms with Gasteiger partial charge in [0.1, 0.15) is 0 Å². The Morgan fingerprint density at radius 2 is 2.17 bits per heavy atom. The predicted octanol–water partition coefficient (Wildman–Crippen LogP) is 0.878. The minimum atomic E-state index is -0.235. The Kier molecular flexibility index (Phi) is 6.98. The number of carbonyl (C=O) groups excluding carboxylic acids is 1. The van der Waals surface area contributed by atoms with E-state index in [1.807, 2.05) is 21.0 Å². The molecule has 9 nitrogen and oxygen atoms in total. The molecule has 0 radical (unpaired) electrons. The Morgan fingerprint density at radius 3 is 2.83 bits per heavy atom. The van der Waals surface area contributed by atoms with Gasteiger partial charge in [0.15, 0.2) is 5.82 Å². The summed E-state index contributed by atoms with van der Waals surface area (Å²) >= 11 is 0. The van der Waals surface area contributed by atoms with Crippen LogP contribution >= 0.6 is 0 Å². The Hall–Kier alpha value is -2.16. The molecule has 134 valence electrons. The quantitative estimate of drug-likeness (QED) is 0.757. The summed E-state index contributed by atoms with van der Waals surface area (Å²) in [5.74, 6) is 1.22. The SMILES string of the molecule is CCOC(=O)N1CCC(Nc2nncc(NCCN(C)C)n2)CC1. The zero-order valence-electron chi connectivity index (χ0n) is 14.7. The van der Waals surface area contributed by atoms with Crippen LogP contribution in [0.3, 0.4) is 0 Å². The molecule has 2 rings (SSSR count). The van der Waals surface area contributed by atoms with Gasteiger partial charge in [-0.05, 0) is 33.9 Å². The van der Waals surface area contributed by atoms with Gasteiger partial charge in [0.05, 0.1) is 12.8 Å². The number of anilines is 2. The Morgan fingerprint density at radius 1 is 1.42 bits per heavy atom. The molecule has 0 aliphatic carbocycles. The maximum absolute atomic E-state index is 11.7. The fourth-order valence-electron chi connectivity index (χ4n) is 2.46. The number of ether oxygens (including phenoxy) is 1. The highest BCUT2D eigenvalue weighted by Gasteiger charge is 2.24. The smallest absolute Gasteiger partial charge is 0.409 e. The minimum absolute atomic E-state index is 0.231. The van der Waals surface area contributed by atoms with Crippen molar-refractivity contribution < 1.29 is 9.53 Å². The molecule has 1 aliphatic rings. The van der Waals surface area contributed by atoms with Gasteiger partial charge in [-0.25, -0.2) is 4.79 Å². The van der Waals surface area contributed by atoms with E-state index in [0.717, 1.165) is 25.9 Å². The van der Waals surface area contributed by atoms with Crippen LogP contribution in [0, 0.1) is 0 Å². The topological polar surface area (TPSA) is 95.5 Å². The normalized spacial score (nSPS) is 15.4. The third kappa shape index (κ3) is 5.80. The molecule has 1 amide bonds. The van der Waals surface area contributed by atoms with Crippen molar-refractivity contribution in [2.75, 3.05) is 57.5 Å². The number of carbonyl (C=O) groups is 1. The minimum Gasteiger partial charge on any atom is -0.450 e. The van der Waals surface area contributed by atoms with E-state index in [4.69, 9.17) is 4.74 Å². The average molecular weight is 337 g/mol. The fraction of sp³-hybridized carbons (Fsp3) is 0.733. The summed E-state index contributed by atoms with van der Waals surface area (Å²) in [6.45, 7) is 5.28. The number of likely N-dealkylation sites (tertiary alicyclic amines) is 1. The van der Waals surface area contributed by atoms with E-state index in [0.29, 0.717) is 31.5 Å². The molecule has 1 aromatic heterocycles. The lowest BCUT2D eigenvalue weighted by molar-refractivity contribution is 0.0983. The Labute approximate surface area is 142 Å².